The van der Waals surface area contributed by atoms with E-state index in [9.17, 15) is 9.32 Å². The van der Waals surface area contributed by atoms with Gasteiger partial charge in [-0.1, -0.05) is 31.5 Å². The van der Waals surface area contributed by atoms with Crippen LogP contribution in [-0.2, 0) is 14.8 Å². The number of nitrogens with zero attached hydrogens (tertiary/aromatic N) is 1. The van der Waals surface area contributed by atoms with Gasteiger partial charge in [-0.25, -0.2) is 0 Å². The third kappa shape index (κ3) is 3.71. The molecule has 92 valence electrons. The van der Waals surface area contributed by atoms with E-state index in [4.69, 9.17) is 17.3 Å². The molecule has 0 fully saturated rings. The molecule has 2 atom stereocenters. The standard InChI is InChI=1S/C9H14ClN2O2S2/c1-5(2)8(11)9(13)12-16(14)7-4-3-6(10)15-7/h3-5,8-9,13H,11H2,1-2H3/q-1/t8-,9?/m0/s1. The highest BCUT2D eigenvalue weighted by atomic mass is 35.5. The van der Waals surface area contributed by atoms with Crippen molar-refractivity contribution in [3.63, 3.8) is 0 Å². The van der Waals surface area contributed by atoms with Gasteiger partial charge in [0.15, 0.2) is 0 Å². The van der Waals surface area contributed by atoms with Crippen LogP contribution in [0.3, 0.4) is 0 Å². The van der Waals surface area contributed by atoms with Gasteiger partial charge in [0.05, 0.1) is 10.4 Å². The topological polar surface area (TPSA) is 75.7 Å². The fraction of sp³-hybridized carbons (Fsp3) is 0.556. The Hall–Kier alpha value is -0.140. The third-order valence-electron chi connectivity index (χ3n) is 2.04. The molecule has 0 amide bonds. The Morgan fingerprint density at radius 2 is 2.19 bits per heavy atom. The maximum Gasteiger partial charge on any atom is 0.138 e. The zero-order valence-electron chi connectivity index (χ0n) is 8.96. The Labute approximate surface area is 106 Å². The van der Waals surface area contributed by atoms with Gasteiger partial charge in [-0.2, -0.15) is 0 Å². The number of rotatable bonds is 4. The molecule has 7 heteroatoms. The first kappa shape index (κ1) is 13.9. The minimum Gasteiger partial charge on any atom is -0.439 e. The van der Waals surface area contributed by atoms with Crippen LogP contribution in [0.5, 0.6) is 0 Å². The molecule has 0 aliphatic carbocycles. The Kier molecular flexibility index (Phi) is 5.20. The molecule has 3 N–H and O–H groups in total. The maximum atomic E-state index is 11.7. The molecule has 1 aromatic heterocycles. The van der Waals surface area contributed by atoms with Gasteiger partial charge in [-0.3, -0.25) is 0 Å². The van der Waals surface area contributed by atoms with Crippen LogP contribution in [0.25, 0.3) is 0 Å². The summed E-state index contributed by atoms with van der Waals surface area (Å²) in [5.74, 6) is 0.0719. The second-order valence-corrected chi connectivity index (χ2v) is 6.77. The van der Waals surface area contributed by atoms with E-state index in [0.717, 1.165) is 0 Å². The van der Waals surface area contributed by atoms with Crippen LogP contribution < -0.4 is 5.73 Å². The van der Waals surface area contributed by atoms with Crippen molar-refractivity contribution in [1.82, 2.24) is 0 Å². The minimum absolute atomic E-state index is 0.0719. The number of hydrogen-bond acceptors (Lipinski definition) is 6. The molecule has 0 saturated heterocycles. The van der Waals surface area contributed by atoms with E-state index in [1.54, 1.807) is 12.1 Å². The first-order valence-electron chi connectivity index (χ1n) is 4.73. The summed E-state index contributed by atoms with van der Waals surface area (Å²) < 4.78 is 16.5. The Morgan fingerprint density at radius 3 is 2.62 bits per heavy atom. The van der Waals surface area contributed by atoms with Crippen LogP contribution in [0.1, 0.15) is 13.8 Å². The zero-order chi connectivity index (χ0) is 12.3. The van der Waals surface area contributed by atoms with Gasteiger partial charge in [0, 0.05) is 0 Å². The lowest BCUT2D eigenvalue weighted by atomic mass is 10.0. The number of aliphatic hydroxyl groups is 1. The molecule has 1 heterocycles. The zero-order valence-corrected chi connectivity index (χ0v) is 11.4. The van der Waals surface area contributed by atoms with Gasteiger partial charge < -0.3 is 19.4 Å². The molecule has 0 spiro atoms. The predicted octanol–water partition coefficient (Wildman–Crippen LogP) is 2.21. The van der Waals surface area contributed by atoms with Crippen LogP contribution in [0.2, 0.25) is 4.34 Å². The van der Waals surface area contributed by atoms with E-state index in [-0.39, 0.29) is 5.92 Å². The van der Waals surface area contributed by atoms with E-state index < -0.39 is 22.9 Å². The van der Waals surface area contributed by atoms with E-state index in [1.807, 2.05) is 13.8 Å². The molecule has 0 aliphatic heterocycles. The quantitative estimate of drug-likeness (QED) is 0.831. The lowest BCUT2D eigenvalue weighted by Gasteiger charge is -2.21. The van der Waals surface area contributed by atoms with Crippen molar-refractivity contribution in [1.29, 1.82) is 0 Å². The Bertz CT molecular complexity index is 427. The van der Waals surface area contributed by atoms with Gasteiger partial charge in [-0.15, -0.1) is 21.9 Å². The SMILES string of the molecule is CC(C)[C@H](N)C(O)N=[S-](=O)c1ccc(Cl)s1. The van der Waals surface area contributed by atoms with Gasteiger partial charge in [0.1, 0.15) is 6.23 Å². The number of halogens is 1. The summed E-state index contributed by atoms with van der Waals surface area (Å²) in [6.45, 7) is 3.74. The normalized spacial score (nSPS) is 17.6. The molecule has 0 aromatic carbocycles. The summed E-state index contributed by atoms with van der Waals surface area (Å²) in [5.41, 5.74) is 5.69. The second kappa shape index (κ2) is 5.97. The van der Waals surface area contributed by atoms with Crippen molar-refractivity contribution >= 4 is 33.5 Å². The molecule has 0 saturated carbocycles. The van der Waals surface area contributed by atoms with E-state index >= 15 is 0 Å². The highest BCUT2D eigenvalue weighted by Gasteiger charge is 2.14. The van der Waals surface area contributed by atoms with E-state index in [2.05, 4.69) is 4.36 Å². The fourth-order valence-electron chi connectivity index (χ4n) is 0.956. The molecule has 16 heavy (non-hydrogen) atoms. The Morgan fingerprint density at radius 1 is 1.56 bits per heavy atom. The first-order valence-corrected chi connectivity index (χ1v) is 7.03. The summed E-state index contributed by atoms with van der Waals surface area (Å²) in [5, 5.41) is 9.61. The summed E-state index contributed by atoms with van der Waals surface area (Å²) >= 11 is 6.89. The van der Waals surface area contributed by atoms with Crippen molar-refractivity contribution in [2.24, 2.45) is 16.0 Å². The van der Waals surface area contributed by atoms with Crippen LogP contribution in [-0.4, -0.2) is 17.4 Å². The lowest BCUT2D eigenvalue weighted by molar-refractivity contribution is 0.135. The molecular weight excluding hydrogens is 268 g/mol. The first-order chi connectivity index (χ1) is 7.41. The largest absolute Gasteiger partial charge is 0.439 e. The molecule has 1 rings (SSSR count). The molecule has 0 aliphatic rings. The monoisotopic (exact) mass is 281 g/mol. The van der Waals surface area contributed by atoms with Crippen molar-refractivity contribution in [3.8, 4) is 0 Å². The van der Waals surface area contributed by atoms with Crippen molar-refractivity contribution in [2.45, 2.75) is 30.3 Å². The summed E-state index contributed by atoms with van der Waals surface area (Å²) in [4.78, 5) is 0. The number of thiophene rings is 1. The van der Waals surface area contributed by atoms with E-state index in [0.29, 0.717) is 8.55 Å². The lowest BCUT2D eigenvalue weighted by Crippen LogP contribution is -2.37. The smallest absolute Gasteiger partial charge is 0.138 e. The summed E-state index contributed by atoms with van der Waals surface area (Å²) in [6.07, 6.45) is -1.12. The highest BCUT2D eigenvalue weighted by molar-refractivity contribution is 7.77. The van der Waals surface area contributed by atoms with Crippen LogP contribution >= 0.6 is 22.9 Å². The van der Waals surface area contributed by atoms with Crippen molar-refractivity contribution < 1.29 is 9.32 Å². The van der Waals surface area contributed by atoms with Gasteiger partial charge in [-0.05, 0) is 16.2 Å². The third-order valence-corrected chi connectivity index (χ3v) is 4.63. The minimum atomic E-state index is -1.60. The average Bonchev–Trinajstić information content (AvgIpc) is 2.63. The number of hydrogen-bond donors (Lipinski definition) is 2. The average molecular weight is 282 g/mol. The fourth-order valence-corrected chi connectivity index (χ4v) is 3.18. The van der Waals surface area contributed by atoms with Gasteiger partial charge >= 0.3 is 0 Å². The van der Waals surface area contributed by atoms with Crippen LogP contribution in [0.4, 0.5) is 0 Å². The molecule has 0 radical (unpaired) electrons. The van der Waals surface area contributed by atoms with Gasteiger partial charge in [0.2, 0.25) is 0 Å². The molecular formula is C9H14ClN2O2S2-. The van der Waals surface area contributed by atoms with Crippen molar-refractivity contribution in [3.05, 3.63) is 16.5 Å². The molecule has 1 unspecified atom stereocenters. The number of nitrogens with two attached hydrogens (primary N) is 1. The number of aliphatic hydroxyl groups excluding tert-OH is 1. The second-order valence-electron chi connectivity index (χ2n) is 3.65. The summed E-state index contributed by atoms with van der Waals surface area (Å²) in [6, 6.07) is 2.75. The van der Waals surface area contributed by atoms with Crippen molar-refractivity contribution in [2.75, 3.05) is 0 Å². The van der Waals surface area contributed by atoms with Crippen LogP contribution in [0, 0.1) is 5.92 Å². The van der Waals surface area contributed by atoms with Crippen LogP contribution in [0.15, 0.2) is 20.7 Å². The maximum absolute atomic E-state index is 11.7. The Balaban J connectivity index is 2.81. The highest BCUT2D eigenvalue weighted by Crippen LogP contribution is 2.23. The molecule has 1 aromatic rings. The molecule has 0 bridgehead atoms. The summed E-state index contributed by atoms with van der Waals surface area (Å²) in [7, 11) is -1.60. The van der Waals surface area contributed by atoms with Gasteiger partial charge in [0.25, 0.3) is 0 Å². The predicted molar refractivity (Wildman–Crippen MR) is 66.9 cm³/mol. The van der Waals surface area contributed by atoms with E-state index in [1.165, 1.54) is 11.3 Å². The molecule has 4 nitrogen and oxygen atoms in total.